The predicted octanol–water partition coefficient (Wildman–Crippen LogP) is 0.734. The van der Waals surface area contributed by atoms with Gasteiger partial charge in [-0.2, -0.15) is 0 Å². The van der Waals surface area contributed by atoms with Crippen LogP contribution >= 0.6 is 0 Å². The zero-order valence-corrected chi connectivity index (χ0v) is 7.40. The molecule has 0 saturated heterocycles. The zero-order chi connectivity index (χ0) is 9.84. The van der Waals surface area contributed by atoms with Gasteiger partial charge in [0.2, 0.25) is 0 Å². The Morgan fingerprint density at radius 1 is 1.54 bits per heavy atom. The lowest BCUT2D eigenvalue weighted by molar-refractivity contribution is 0.123. The maximum Gasteiger partial charge on any atom is 0.138 e. The van der Waals surface area contributed by atoms with Crippen LogP contribution < -0.4 is 10.5 Å². The van der Waals surface area contributed by atoms with Gasteiger partial charge < -0.3 is 20.7 Å². The summed E-state index contributed by atoms with van der Waals surface area (Å²) < 4.78 is 5.16. The quantitative estimate of drug-likeness (QED) is 0.477. The predicted molar refractivity (Wildman–Crippen MR) is 49.7 cm³/mol. The van der Waals surface area contributed by atoms with Gasteiger partial charge in [0.1, 0.15) is 18.1 Å². The van der Waals surface area contributed by atoms with Gasteiger partial charge in [-0.25, -0.2) is 0 Å². The Kier molecular flexibility index (Phi) is 2.97. The molecule has 0 aliphatic heterocycles. The summed E-state index contributed by atoms with van der Waals surface area (Å²) in [6, 6.07) is 4.55. The summed E-state index contributed by atoms with van der Waals surface area (Å²) in [6.07, 6.45) is -0.518. The van der Waals surface area contributed by atoms with E-state index < -0.39 is 6.10 Å². The number of phenolic OH excluding ortho intramolecular Hbond substituents is 1. The van der Waals surface area contributed by atoms with Crippen molar-refractivity contribution in [3.63, 3.8) is 0 Å². The number of hydrogen-bond acceptors (Lipinski definition) is 4. The highest BCUT2D eigenvalue weighted by Gasteiger charge is 2.01. The minimum absolute atomic E-state index is 0.0318. The zero-order valence-electron chi connectivity index (χ0n) is 7.40. The normalized spacial score (nSPS) is 12.5. The maximum atomic E-state index is 9.09. The smallest absolute Gasteiger partial charge is 0.138 e. The van der Waals surface area contributed by atoms with Crippen molar-refractivity contribution in [3.05, 3.63) is 18.2 Å². The van der Waals surface area contributed by atoms with Crippen LogP contribution in [-0.4, -0.2) is 22.9 Å². The number of aromatic hydroxyl groups is 1. The highest BCUT2D eigenvalue weighted by molar-refractivity contribution is 5.55. The van der Waals surface area contributed by atoms with Gasteiger partial charge in [0.05, 0.1) is 11.8 Å². The molecule has 4 nitrogen and oxygen atoms in total. The average molecular weight is 183 g/mol. The Morgan fingerprint density at radius 3 is 2.77 bits per heavy atom. The standard InChI is InChI=1S/C9H13NO3/c1-6(11)5-13-7-2-3-9(12)8(10)4-7/h2-4,6,11-12H,5,10H2,1H3. The first-order valence-electron chi connectivity index (χ1n) is 3.99. The SMILES string of the molecule is CC(O)COc1ccc(O)c(N)c1. The van der Waals surface area contributed by atoms with E-state index in [-0.39, 0.29) is 18.0 Å². The molecule has 0 radical (unpaired) electrons. The van der Waals surface area contributed by atoms with E-state index in [2.05, 4.69) is 0 Å². The van der Waals surface area contributed by atoms with Crippen LogP contribution in [0.5, 0.6) is 11.5 Å². The highest BCUT2D eigenvalue weighted by atomic mass is 16.5. The first kappa shape index (κ1) is 9.67. The van der Waals surface area contributed by atoms with Crippen LogP contribution in [0.25, 0.3) is 0 Å². The molecule has 4 N–H and O–H groups in total. The van der Waals surface area contributed by atoms with Crippen molar-refractivity contribution in [3.8, 4) is 11.5 Å². The number of nitrogens with two attached hydrogens (primary N) is 1. The molecule has 0 spiro atoms. The van der Waals surface area contributed by atoms with Gasteiger partial charge in [-0.1, -0.05) is 0 Å². The lowest BCUT2D eigenvalue weighted by atomic mass is 10.3. The number of nitrogen functional groups attached to an aromatic ring is 1. The lowest BCUT2D eigenvalue weighted by Gasteiger charge is -2.08. The summed E-state index contributed by atoms with van der Waals surface area (Å²) >= 11 is 0. The van der Waals surface area contributed by atoms with Gasteiger partial charge in [-0.3, -0.25) is 0 Å². The number of anilines is 1. The first-order valence-corrected chi connectivity index (χ1v) is 3.99. The van der Waals surface area contributed by atoms with E-state index in [1.807, 2.05) is 0 Å². The molecule has 1 atom stereocenters. The second-order valence-electron chi connectivity index (χ2n) is 2.88. The molecule has 72 valence electrons. The molecule has 0 fully saturated rings. The van der Waals surface area contributed by atoms with Crippen LogP contribution in [-0.2, 0) is 0 Å². The van der Waals surface area contributed by atoms with Crippen molar-refractivity contribution < 1.29 is 14.9 Å². The van der Waals surface area contributed by atoms with Gasteiger partial charge in [0.25, 0.3) is 0 Å². The van der Waals surface area contributed by atoms with E-state index in [1.54, 1.807) is 13.0 Å². The first-order chi connectivity index (χ1) is 6.09. The van der Waals surface area contributed by atoms with Gasteiger partial charge >= 0.3 is 0 Å². The van der Waals surface area contributed by atoms with Gasteiger partial charge in [-0.05, 0) is 19.1 Å². The fraction of sp³-hybridized carbons (Fsp3) is 0.333. The molecular formula is C9H13NO3. The molecule has 0 bridgehead atoms. The summed E-state index contributed by atoms with van der Waals surface area (Å²) in [6.45, 7) is 1.84. The molecule has 1 aromatic carbocycles. The summed E-state index contributed by atoms with van der Waals surface area (Å²) in [7, 11) is 0. The molecule has 0 heterocycles. The number of benzene rings is 1. The molecule has 0 amide bonds. The molecule has 4 heteroatoms. The van der Waals surface area contributed by atoms with Gasteiger partial charge in [0, 0.05) is 6.07 Å². The fourth-order valence-corrected chi connectivity index (χ4v) is 0.839. The number of aliphatic hydroxyl groups excluding tert-OH is 1. The molecule has 1 aromatic rings. The molecule has 0 aliphatic carbocycles. The Balaban J connectivity index is 2.63. The minimum atomic E-state index is -0.518. The Morgan fingerprint density at radius 2 is 2.23 bits per heavy atom. The Labute approximate surface area is 76.6 Å². The minimum Gasteiger partial charge on any atom is -0.506 e. The van der Waals surface area contributed by atoms with Crippen LogP contribution in [0, 0.1) is 0 Å². The summed E-state index contributed by atoms with van der Waals surface area (Å²) in [5.41, 5.74) is 5.70. The maximum absolute atomic E-state index is 9.09. The van der Waals surface area contributed by atoms with Crippen molar-refractivity contribution >= 4 is 5.69 Å². The van der Waals surface area contributed by atoms with E-state index in [1.165, 1.54) is 12.1 Å². The largest absolute Gasteiger partial charge is 0.506 e. The molecule has 0 aliphatic rings. The number of ether oxygens (including phenoxy) is 1. The third-order valence-electron chi connectivity index (χ3n) is 1.49. The van der Waals surface area contributed by atoms with Gasteiger partial charge in [-0.15, -0.1) is 0 Å². The fourth-order valence-electron chi connectivity index (χ4n) is 0.839. The van der Waals surface area contributed by atoms with Crippen LogP contribution in [0.1, 0.15) is 6.92 Å². The second-order valence-corrected chi connectivity index (χ2v) is 2.88. The third-order valence-corrected chi connectivity index (χ3v) is 1.49. The molecular weight excluding hydrogens is 170 g/mol. The number of phenols is 1. The van der Waals surface area contributed by atoms with E-state index in [0.717, 1.165) is 0 Å². The lowest BCUT2D eigenvalue weighted by Crippen LogP contribution is -2.12. The van der Waals surface area contributed by atoms with E-state index in [9.17, 15) is 0 Å². The van der Waals surface area contributed by atoms with Crippen molar-refractivity contribution in [2.45, 2.75) is 13.0 Å². The monoisotopic (exact) mass is 183 g/mol. The van der Waals surface area contributed by atoms with E-state index in [4.69, 9.17) is 20.7 Å². The van der Waals surface area contributed by atoms with Crippen LogP contribution in [0.2, 0.25) is 0 Å². The Bertz CT molecular complexity index is 286. The van der Waals surface area contributed by atoms with Crippen molar-refractivity contribution in [2.75, 3.05) is 12.3 Å². The van der Waals surface area contributed by atoms with Crippen LogP contribution in [0.3, 0.4) is 0 Å². The average Bonchev–Trinajstić information content (AvgIpc) is 2.07. The molecule has 1 unspecified atom stereocenters. The van der Waals surface area contributed by atoms with Crippen LogP contribution in [0.15, 0.2) is 18.2 Å². The van der Waals surface area contributed by atoms with E-state index in [0.29, 0.717) is 5.75 Å². The molecule has 1 rings (SSSR count). The Hall–Kier alpha value is -1.42. The highest BCUT2D eigenvalue weighted by Crippen LogP contribution is 2.24. The number of aliphatic hydroxyl groups is 1. The molecule has 0 saturated carbocycles. The summed E-state index contributed by atoms with van der Waals surface area (Å²) in [4.78, 5) is 0. The topological polar surface area (TPSA) is 75.7 Å². The second kappa shape index (κ2) is 4.00. The van der Waals surface area contributed by atoms with Crippen molar-refractivity contribution in [1.29, 1.82) is 0 Å². The van der Waals surface area contributed by atoms with E-state index >= 15 is 0 Å². The van der Waals surface area contributed by atoms with Crippen LogP contribution in [0.4, 0.5) is 5.69 Å². The molecule has 0 aromatic heterocycles. The molecule has 13 heavy (non-hydrogen) atoms. The van der Waals surface area contributed by atoms with Crippen molar-refractivity contribution in [1.82, 2.24) is 0 Å². The number of hydrogen-bond donors (Lipinski definition) is 3. The number of rotatable bonds is 3. The van der Waals surface area contributed by atoms with Gasteiger partial charge in [0.15, 0.2) is 0 Å². The third kappa shape index (κ3) is 2.83. The summed E-state index contributed by atoms with van der Waals surface area (Å²) in [5, 5.41) is 18.0. The van der Waals surface area contributed by atoms with Crippen molar-refractivity contribution in [2.24, 2.45) is 0 Å². The summed E-state index contributed by atoms with van der Waals surface area (Å²) in [5.74, 6) is 0.570.